The monoisotopic (exact) mass is 343 g/mol. The maximum absolute atomic E-state index is 12.5. The van der Waals surface area contributed by atoms with E-state index in [1.807, 2.05) is 13.8 Å². The van der Waals surface area contributed by atoms with Crippen LogP contribution in [0.25, 0.3) is 0 Å². The molecule has 2 N–H and O–H groups in total. The Hall–Kier alpha value is -1.88. The SMILES string of the molecule is Cc1cc(C)c(N2CC(C(=O)NCC3CCCNC3)CC2=O)c(C)c1. The molecule has 0 radical (unpaired) electrons. The van der Waals surface area contributed by atoms with Gasteiger partial charge in [-0.3, -0.25) is 9.59 Å². The predicted octanol–water partition coefficient (Wildman–Crippen LogP) is 2.08. The topological polar surface area (TPSA) is 61.4 Å². The number of aryl methyl sites for hydroxylation is 3. The molecule has 25 heavy (non-hydrogen) atoms. The molecule has 0 aromatic heterocycles. The van der Waals surface area contributed by atoms with E-state index in [1.54, 1.807) is 4.90 Å². The van der Waals surface area contributed by atoms with E-state index in [1.165, 1.54) is 12.0 Å². The molecule has 2 aliphatic rings. The Balaban J connectivity index is 1.63. The summed E-state index contributed by atoms with van der Waals surface area (Å²) in [6.07, 6.45) is 2.63. The first-order valence-corrected chi connectivity index (χ1v) is 9.32. The first-order valence-electron chi connectivity index (χ1n) is 9.32. The number of nitrogens with zero attached hydrogens (tertiary/aromatic N) is 1. The normalized spacial score (nSPS) is 23.8. The summed E-state index contributed by atoms with van der Waals surface area (Å²) in [5.41, 5.74) is 4.36. The molecule has 2 heterocycles. The second kappa shape index (κ2) is 7.56. The highest BCUT2D eigenvalue weighted by Gasteiger charge is 2.36. The lowest BCUT2D eigenvalue weighted by Gasteiger charge is -2.24. The van der Waals surface area contributed by atoms with Crippen molar-refractivity contribution in [3.05, 3.63) is 28.8 Å². The van der Waals surface area contributed by atoms with Gasteiger partial charge in [0.2, 0.25) is 11.8 Å². The number of nitrogens with one attached hydrogen (secondary N) is 2. The minimum Gasteiger partial charge on any atom is -0.355 e. The van der Waals surface area contributed by atoms with Gasteiger partial charge in [0.25, 0.3) is 0 Å². The lowest BCUT2D eigenvalue weighted by molar-refractivity contribution is -0.126. The van der Waals surface area contributed by atoms with Crippen LogP contribution < -0.4 is 15.5 Å². The molecule has 0 bridgehead atoms. The highest BCUT2D eigenvalue weighted by atomic mass is 16.2. The molecule has 136 valence electrons. The van der Waals surface area contributed by atoms with Crippen LogP contribution in [0.3, 0.4) is 0 Å². The van der Waals surface area contributed by atoms with Crippen LogP contribution in [0.5, 0.6) is 0 Å². The average molecular weight is 343 g/mol. The largest absolute Gasteiger partial charge is 0.355 e. The number of hydrogen-bond donors (Lipinski definition) is 2. The molecule has 3 rings (SSSR count). The van der Waals surface area contributed by atoms with Crippen molar-refractivity contribution in [3.8, 4) is 0 Å². The summed E-state index contributed by atoms with van der Waals surface area (Å²) in [5.74, 6) is 0.329. The van der Waals surface area contributed by atoms with Gasteiger partial charge >= 0.3 is 0 Å². The van der Waals surface area contributed by atoms with E-state index in [4.69, 9.17) is 0 Å². The number of carbonyl (C=O) groups excluding carboxylic acids is 2. The lowest BCUT2D eigenvalue weighted by Crippen LogP contribution is -2.40. The summed E-state index contributed by atoms with van der Waals surface area (Å²) < 4.78 is 0. The molecule has 2 aliphatic heterocycles. The number of hydrogen-bond acceptors (Lipinski definition) is 3. The molecule has 2 unspecified atom stereocenters. The van der Waals surface area contributed by atoms with Crippen LogP contribution in [0.1, 0.15) is 36.0 Å². The van der Waals surface area contributed by atoms with Gasteiger partial charge in [0, 0.05) is 25.2 Å². The summed E-state index contributed by atoms with van der Waals surface area (Å²) in [4.78, 5) is 26.8. The van der Waals surface area contributed by atoms with E-state index >= 15 is 0 Å². The zero-order valence-corrected chi connectivity index (χ0v) is 15.5. The van der Waals surface area contributed by atoms with Gasteiger partial charge < -0.3 is 15.5 Å². The van der Waals surface area contributed by atoms with Gasteiger partial charge in [-0.2, -0.15) is 0 Å². The van der Waals surface area contributed by atoms with Gasteiger partial charge in [-0.25, -0.2) is 0 Å². The van der Waals surface area contributed by atoms with Crippen LogP contribution in [0, 0.1) is 32.6 Å². The Morgan fingerprint density at radius 2 is 2.00 bits per heavy atom. The Labute approximate surface area is 150 Å². The van der Waals surface area contributed by atoms with Crippen LogP contribution in [0.2, 0.25) is 0 Å². The molecular formula is C20H29N3O2. The molecule has 0 aliphatic carbocycles. The Morgan fingerprint density at radius 1 is 1.28 bits per heavy atom. The minimum absolute atomic E-state index is 0.0174. The third-order valence-electron chi connectivity index (χ3n) is 5.37. The van der Waals surface area contributed by atoms with Gasteiger partial charge in [0.05, 0.1) is 5.92 Å². The molecule has 1 aromatic rings. The van der Waals surface area contributed by atoms with Crippen molar-refractivity contribution < 1.29 is 9.59 Å². The number of rotatable bonds is 4. The molecule has 2 amide bonds. The molecule has 0 saturated carbocycles. The van der Waals surface area contributed by atoms with Crippen molar-refractivity contribution >= 4 is 17.5 Å². The highest BCUT2D eigenvalue weighted by Crippen LogP contribution is 2.31. The minimum atomic E-state index is -0.246. The standard InChI is InChI=1S/C20H29N3O2/c1-13-7-14(2)19(15(3)8-13)23-12-17(9-18(23)24)20(25)22-11-16-5-4-6-21-10-16/h7-8,16-17,21H,4-6,9-12H2,1-3H3,(H,22,25). The smallest absolute Gasteiger partial charge is 0.227 e. The molecule has 0 spiro atoms. The van der Waals surface area contributed by atoms with Gasteiger partial charge in [0.1, 0.15) is 0 Å². The summed E-state index contributed by atoms with van der Waals surface area (Å²) in [6, 6.07) is 4.19. The Morgan fingerprint density at radius 3 is 2.64 bits per heavy atom. The van der Waals surface area contributed by atoms with E-state index in [-0.39, 0.29) is 17.7 Å². The summed E-state index contributed by atoms with van der Waals surface area (Å²) in [6.45, 7) is 9.37. The molecule has 5 heteroatoms. The van der Waals surface area contributed by atoms with Gasteiger partial charge in [-0.15, -0.1) is 0 Å². The van der Waals surface area contributed by atoms with Gasteiger partial charge in [-0.05, 0) is 63.7 Å². The second-order valence-corrected chi connectivity index (χ2v) is 7.61. The van der Waals surface area contributed by atoms with Crippen molar-refractivity contribution in [2.75, 3.05) is 31.1 Å². The Bertz CT molecular complexity index is 642. The van der Waals surface area contributed by atoms with Crippen LogP contribution in [-0.2, 0) is 9.59 Å². The van der Waals surface area contributed by atoms with Gasteiger partial charge in [-0.1, -0.05) is 17.7 Å². The number of carbonyl (C=O) groups is 2. The zero-order chi connectivity index (χ0) is 18.0. The zero-order valence-electron chi connectivity index (χ0n) is 15.5. The summed E-state index contributed by atoms with van der Waals surface area (Å²) in [5, 5.41) is 6.43. The number of benzene rings is 1. The fourth-order valence-corrected chi connectivity index (χ4v) is 4.18. The summed E-state index contributed by atoms with van der Waals surface area (Å²) in [7, 11) is 0. The van der Waals surface area contributed by atoms with E-state index in [0.717, 1.165) is 36.3 Å². The molecular weight excluding hydrogens is 314 g/mol. The Kier molecular flexibility index (Phi) is 5.42. The van der Waals surface area contributed by atoms with E-state index in [9.17, 15) is 9.59 Å². The van der Waals surface area contributed by atoms with Crippen molar-refractivity contribution in [1.29, 1.82) is 0 Å². The van der Waals surface area contributed by atoms with Crippen molar-refractivity contribution in [3.63, 3.8) is 0 Å². The maximum atomic E-state index is 12.5. The highest BCUT2D eigenvalue weighted by molar-refractivity contribution is 6.01. The molecule has 2 atom stereocenters. The van der Waals surface area contributed by atoms with Crippen molar-refractivity contribution in [2.24, 2.45) is 11.8 Å². The van der Waals surface area contributed by atoms with E-state index in [0.29, 0.717) is 25.4 Å². The summed E-state index contributed by atoms with van der Waals surface area (Å²) >= 11 is 0. The van der Waals surface area contributed by atoms with E-state index in [2.05, 4.69) is 29.7 Å². The van der Waals surface area contributed by atoms with E-state index < -0.39 is 0 Å². The second-order valence-electron chi connectivity index (χ2n) is 7.61. The fourth-order valence-electron chi connectivity index (χ4n) is 4.18. The van der Waals surface area contributed by atoms with Crippen LogP contribution in [0.4, 0.5) is 5.69 Å². The number of amides is 2. The van der Waals surface area contributed by atoms with Crippen LogP contribution in [-0.4, -0.2) is 38.0 Å². The van der Waals surface area contributed by atoms with Crippen molar-refractivity contribution in [2.45, 2.75) is 40.0 Å². The lowest BCUT2D eigenvalue weighted by atomic mass is 9.99. The fraction of sp³-hybridized carbons (Fsp3) is 0.600. The third-order valence-corrected chi connectivity index (χ3v) is 5.37. The molecule has 2 fully saturated rings. The predicted molar refractivity (Wildman–Crippen MR) is 99.7 cm³/mol. The van der Waals surface area contributed by atoms with Crippen LogP contribution >= 0.6 is 0 Å². The first-order chi connectivity index (χ1) is 12.0. The van der Waals surface area contributed by atoms with Crippen LogP contribution in [0.15, 0.2) is 12.1 Å². The van der Waals surface area contributed by atoms with Gasteiger partial charge in [0.15, 0.2) is 0 Å². The molecule has 1 aromatic carbocycles. The average Bonchev–Trinajstić information content (AvgIpc) is 2.94. The third kappa shape index (κ3) is 4.03. The van der Waals surface area contributed by atoms with Crippen molar-refractivity contribution in [1.82, 2.24) is 10.6 Å². The quantitative estimate of drug-likeness (QED) is 0.880. The molecule has 5 nitrogen and oxygen atoms in total. The first kappa shape index (κ1) is 17.9. The molecule has 2 saturated heterocycles. The maximum Gasteiger partial charge on any atom is 0.227 e. The number of anilines is 1. The number of piperidine rings is 1.